The number of benzene rings is 1. The average Bonchev–Trinajstić information content (AvgIpc) is 2.80. The number of carbonyl (C=O) groups excluding carboxylic acids is 1. The second kappa shape index (κ2) is 11.7. The molecule has 32 heavy (non-hydrogen) atoms. The number of rotatable bonds is 8. The number of hydrogen-bond acceptors (Lipinski definition) is 6. The summed E-state index contributed by atoms with van der Waals surface area (Å²) in [4.78, 5) is 24.7. The molecule has 0 bridgehead atoms. The van der Waals surface area contributed by atoms with Gasteiger partial charge in [0.2, 0.25) is 5.91 Å². The summed E-state index contributed by atoms with van der Waals surface area (Å²) >= 11 is 0. The van der Waals surface area contributed by atoms with Crippen molar-refractivity contribution in [3.63, 3.8) is 0 Å². The fourth-order valence-corrected chi connectivity index (χ4v) is 4.74. The van der Waals surface area contributed by atoms with E-state index >= 15 is 0 Å². The van der Waals surface area contributed by atoms with Gasteiger partial charge in [0.15, 0.2) is 0 Å². The van der Waals surface area contributed by atoms with Crippen molar-refractivity contribution in [2.75, 3.05) is 57.0 Å². The van der Waals surface area contributed by atoms with Gasteiger partial charge in [-0.15, -0.1) is 0 Å². The van der Waals surface area contributed by atoms with E-state index in [1.807, 2.05) is 23.6 Å². The van der Waals surface area contributed by atoms with E-state index in [9.17, 15) is 13.4 Å². The molecular weight excluding hydrogens is 431 g/mol. The van der Waals surface area contributed by atoms with E-state index in [2.05, 4.69) is 10.1 Å². The maximum absolute atomic E-state index is 14.4. The molecule has 3 rings (SSSR count). The summed E-state index contributed by atoms with van der Waals surface area (Å²) in [6.07, 6.45) is 4.83. The third-order valence-electron chi connectivity index (χ3n) is 6.27. The zero-order valence-electron chi connectivity index (χ0n) is 19.4. The molecule has 0 spiro atoms. The van der Waals surface area contributed by atoms with Gasteiger partial charge in [0.1, 0.15) is 11.9 Å². The first-order valence-electron chi connectivity index (χ1n) is 11.5. The molecule has 2 heterocycles. The predicted octanol–water partition coefficient (Wildman–Crippen LogP) is 2.87. The van der Waals surface area contributed by atoms with Crippen molar-refractivity contribution in [3.05, 3.63) is 24.0 Å². The predicted molar refractivity (Wildman–Crippen MR) is 126 cm³/mol. The maximum Gasteiger partial charge on any atom is 0.236 e. The van der Waals surface area contributed by atoms with Crippen molar-refractivity contribution in [2.24, 2.45) is 5.16 Å². The highest BCUT2D eigenvalue weighted by Crippen LogP contribution is 2.25. The van der Waals surface area contributed by atoms with Crippen LogP contribution in [0.5, 0.6) is 0 Å². The number of amides is 1. The molecule has 2 saturated heterocycles. The fraction of sp³-hybridized carbons (Fsp3) is 0.652. The maximum atomic E-state index is 14.4. The number of likely N-dealkylation sites (tertiary alicyclic amines) is 1. The Hall–Kier alpha value is -2.00. The Balaban J connectivity index is 1.42. The molecule has 0 saturated carbocycles. The molecule has 2 aliphatic heterocycles. The minimum atomic E-state index is -1.19. The van der Waals surface area contributed by atoms with Gasteiger partial charge in [0, 0.05) is 74.1 Å². The van der Waals surface area contributed by atoms with Crippen molar-refractivity contribution >= 4 is 28.1 Å². The molecule has 1 aromatic rings. The lowest BCUT2D eigenvalue weighted by atomic mass is 10.1. The summed E-state index contributed by atoms with van der Waals surface area (Å²) in [5.74, 6) is -0.143. The molecule has 2 fully saturated rings. The number of oxime groups is 1. The highest BCUT2D eigenvalue weighted by atomic mass is 32.2. The topological polar surface area (TPSA) is 65.5 Å². The molecule has 9 heteroatoms. The van der Waals surface area contributed by atoms with Crippen LogP contribution in [-0.4, -0.2) is 83.8 Å². The monoisotopic (exact) mass is 466 g/mol. The first kappa shape index (κ1) is 24.6. The molecule has 178 valence electrons. The summed E-state index contributed by atoms with van der Waals surface area (Å²) < 4.78 is 25.9. The molecule has 1 unspecified atom stereocenters. The number of hydrogen-bond donors (Lipinski definition) is 0. The quantitative estimate of drug-likeness (QED) is 0.551. The zero-order valence-corrected chi connectivity index (χ0v) is 20.2. The van der Waals surface area contributed by atoms with Crippen LogP contribution in [-0.2, 0) is 20.4 Å². The van der Waals surface area contributed by atoms with Gasteiger partial charge < -0.3 is 14.6 Å². The van der Waals surface area contributed by atoms with Gasteiger partial charge in [-0.05, 0) is 44.9 Å². The van der Waals surface area contributed by atoms with Crippen molar-refractivity contribution in [3.8, 4) is 0 Å². The number of anilines is 1. The van der Waals surface area contributed by atoms with Crippen molar-refractivity contribution < 1.29 is 18.2 Å². The molecule has 0 radical (unpaired) electrons. The van der Waals surface area contributed by atoms with Crippen LogP contribution in [0.2, 0.25) is 0 Å². The van der Waals surface area contributed by atoms with E-state index < -0.39 is 10.8 Å². The Bertz CT molecular complexity index is 829. The number of piperidine rings is 2. The summed E-state index contributed by atoms with van der Waals surface area (Å²) in [5, 5.41) is 4.40. The van der Waals surface area contributed by atoms with Gasteiger partial charge in [-0.2, -0.15) is 0 Å². The average molecular weight is 467 g/mol. The molecule has 7 nitrogen and oxygen atoms in total. The van der Waals surface area contributed by atoms with Crippen LogP contribution in [0.4, 0.5) is 10.1 Å². The van der Waals surface area contributed by atoms with E-state index in [0.29, 0.717) is 30.2 Å². The third kappa shape index (κ3) is 6.51. The lowest BCUT2D eigenvalue weighted by Crippen LogP contribution is -2.44. The Kier molecular flexibility index (Phi) is 9.04. The Morgan fingerprint density at radius 1 is 1.19 bits per heavy atom. The normalized spacial score (nSPS) is 19.0. The van der Waals surface area contributed by atoms with Crippen molar-refractivity contribution in [1.82, 2.24) is 9.80 Å². The van der Waals surface area contributed by atoms with Gasteiger partial charge in [0.25, 0.3) is 0 Å². The van der Waals surface area contributed by atoms with Crippen LogP contribution < -0.4 is 4.90 Å². The Labute approximate surface area is 193 Å². The molecule has 1 amide bonds. The van der Waals surface area contributed by atoms with E-state index in [0.717, 1.165) is 57.6 Å². The van der Waals surface area contributed by atoms with Crippen LogP contribution in [0.3, 0.4) is 0 Å². The molecular formula is C23H35FN4O3S. The van der Waals surface area contributed by atoms with Gasteiger partial charge >= 0.3 is 0 Å². The molecule has 0 aliphatic carbocycles. The molecule has 2 aliphatic rings. The Morgan fingerprint density at radius 3 is 2.41 bits per heavy atom. The minimum Gasteiger partial charge on any atom is -0.392 e. The lowest BCUT2D eigenvalue weighted by Gasteiger charge is -2.32. The first-order valence-corrected chi connectivity index (χ1v) is 13.1. The summed E-state index contributed by atoms with van der Waals surface area (Å²) in [6.45, 7) is 9.04. The van der Waals surface area contributed by atoms with Crippen LogP contribution in [0.25, 0.3) is 0 Å². The lowest BCUT2D eigenvalue weighted by molar-refractivity contribution is -0.132. The molecule has 1 aromatic carbocycles. The molecule has 1 atom stereocenters. The van der Waals surface area contributed by atoms with Crippen molar-refractivity contribution in [1.29, 1.82) is 0 Å². The smallest absolute Gasteiger partial charge is 0.236 e. The van der Waals surface area contributed by atoms with Gasteiger partial charge in [-0.25, -0.2) is 4.39 Å². The van der Waals surface area contributed by atoms with E-state index in [4.69, 9.17) is 4.84 Å². The molecule has 0 N–H and O–H groups in total. The summed E-state index contributed by atoms with van der Waals surface area (Å²) in [7, 11) is -1.19. The van der Waals surface area contributed by atoms with E-state index in [-0.39, 0.29) is 17.8 Å². The SMILES string of the molecule is CCN(CC)C(=O)CN1CCC(ON=C2CCN(c3ccc(S(C)=O)cc3F)CC2)CC1. The van der Waals surface area contributed by atoms with Gasteiger partial charge in [-0.3, -0.25) is 13.9 Å². The van der Waals surface area contributed by atoms with Crippen LogP contribution in [0, 0.1) is 5.82 Å². The minimum absolute atomic E-state index is 0.0836. The summed E-state index contributed by atoms with van der Waals surface area (Å²) in [5.41, 5.74) is 1.55. The zero-order chi connectivity index (χ0) is 23.1. The fourth-order valence-electron chi connectivity index (χ4n) is 4.21. The Morgan fingerprint density at radius 2 is 1.84 bits per heavy atom. The highest BCUT2D eigenvalue weighted by Gasteiger charge is 2.24. The van der Waals surface area contributed by atoms with Crippen LogP contribution in [0.15, 0.2) is 28.3 Å². The van der Waals surface area contributed by atoms with Gasteiger partial charge in [-0.1, -0.05) is 5.16 Å². The number of likely N-dealkylation sites (N-methyl/N-ethyl adjacent to an activating group) is 1. The first-order chi connectivity index (χ1) is 15.4. The second-order valence-electron chi connectivity index (χ2n) is 8.36. The van der Waals surface area contributed by atoms with Crippen molar-refractivity contribution in [2.45, 2.75) is 50.5 Å². The number of halogens is 1. The van der Waals surface area contributed by atoms with Crippen LogP contribution in [0.1, 0.15) is 39.5 Å². The highest BCUT2D eigenvalue weighted by molar-refractivity contribution is 7.84. The largest absolute Gasteiger partial charge is 0.392 e. The molecule has 0 aromatic heterocycles. The van der Waals surface area contributed by atoms with Gasteiger partial charge in [0.05, 0.1) is 17.9 Å². The van der Waals surface area contributed by atoms with E-state index in [1.165, 1.54) is 6.07 Å². The standard InChI is InChI=1S/C23H35FN4O3S/c1-4-27(5-2)23(29)17-26-12-10-19(11-13-26)31-25-18-8-14-28(15-9-18)22-7-6-20(32(3)30)16-21(22)24/h6-7,16,19H,4-5,8-15,17H2,1-3H3. The third-order valence-corrected chi connectivity index (χ3v) is 7.19. The van der Waals surface area contributed by atoms with Crippen LogP contribution >= 0.6 is 0 Å². The number of nitrogens with zero attached hydrogens (tertiary/aromatic N) is 4. The second-order valence-corrected chi connectivity index (χ2v) is 9.74. The van der Waals surface area contributed by atoms with E-state index in [1.54, 1.807) is 18.4 Å². The summed E-state index contributed by atoms with van der Waals surface area (Å²) in [6, 6.07) is 4.80. The number of carbonyl (C=O) groups is 1.